The second kappa shape index (κ2) is 10.4. The lowest BCUT2D eigenvalue weighted by Gasteiger charge is -2.06. The average Bonchev–Trinajstić information content (AvgIpc) is 2.20. The van der Waals surface area contributed by atoms with Crippen molar-refractivity contribution < 1.29 is 14.3 Å². The highest BCUT2D eigenvalue weighted by atomic mass is 16.5. The van der Waals surface area contributed by atoms with Gasteiger partial charge in [0.25, 0.3) is 0 Å². The van der Waals surface area contributed by atoms with Gasteiger partial charge in [-0.3, -0.25) is 9.59 Å². The van der Waals surface area contributed by atoms with Crippen LogP contribution in [0.5, 0.6) is 0 Å². The van der Waals surface area contributed by atoms with Crippen LogP contribution < -0.4 is 16.0 Å². The molecule has 0 unspecified atom stereocenters. The first-order valence-corrected chi connectivity index (χ1v) is 5.40. The largest absolute Gasteiger partial charge is 0.378 e. The van der Waals surface area contributed by atoms with E-state index < -0.39 is 0 Å². The zero-order valence-corrected chi connectivity index (χ0v) is 9.97. The molecule has 0 aliphatic rings. The fourth-order valence-electron chi connectivity index (χ4n) is 0.998. The van der Waals surface area contributed by atoms with E-state index >= 15 is 0 Å². The van der Waals surface area contributed by atoms with Crippen LogP contribution in [0.3, 0.4) is 0 Å². The average molecular weight is 231 g/mol. The number of hydrogen-bond acceptors (Lipinski definition) is 4. The number of rotatable bonds is 9. The Morgan fingerprint density at radius 3 is 2.06 bits per heavy atom. The quantitative estimate of drug-likeness (QED) is 0.438. The van der Waals surface area contributed by atoms with Crippen LogP contribution in [0.15, 0.2) is 0 Å². The van der Waals surface area contributed by atoms with E-state index in [0.717, 1.165) is 13.1 Å². The maximum atomic E-state index is 10.5. The van der Waals surface area contributed by atoms with Gasteiger partial charge in [-0.05, 0) is 0 Å². The summed E-state index contributed by atoms with van der Waals surface area (Å²) in [5.74, 6) is -0.0645. The van der Waals surface area contributed by atoms with Gasteiger partial charge >= 0.3 is 0 Å². The number of amides is 2. The van der Waals surface area contributed by atoms with E-state index in [4.69, 9.17) is 4.74 Å². The van der Waals surface area contributed by atoms with Gasteiger partial charge in [0, 0.05) is 40.0 Å². The molecule has 0 spiro atoms. The molecule has 0 aromatic rings. The Balaban J connectivity index is 2.98. The molecule has 0 fully saturated rings. The van der Waals surface area contributed by atoms with E-state index in [0.29, 0.717) is 26.3 Å². The summed E-state index contributed by atoms with van der Waals surface area (Å²) >= 11 is 0. The third-order valence-electron chi connectivity index (χ3n) is 1.72. The van der Waals surface area contributed by atoms with Crippen molar-refractivity contribution in [3.63, 3.8) is 0 Å². The summed E-state index contributed by atoms with van der Waals surface area (Å²) in [6.07, 6.45) is 0. The highest BCUT2D eigenvalue weighted by molar-refractivity contribution is 5.73. The first-order chi connectivity index (χ1) is 7.63. The number of hydrogen-bond donors (Lipinski definition) is 3. The van der Waals surface area contributed by atoms with Gasteiger partial charge < -0.3 is 20.7 Å². The molecule has 0 atom stereocenters. The van der Waals surface area contributed by atoms with Crippen LogP contribution >= 0.6 is 0 Å². The van der Waals surface area contributed by atoms with Gasteiger partial charge in [-0.1, -0.05) is 0 Å². The van der Waals surface area contributed by atoms with Gasteiger partial charge in [-0.2, -0.15) is 0 Å². The molecule has 0 aromatic heterocycles. The van der Waals surface area contributed by atoms with Crippen molar-refractivity contribution in [3.05, 3.63) is 0 Å². The van der Waals surface area contributed by atoms with Crippen molar-refractivity contribution in [2.24, 2.45) is 0 Å². The third-order valence-corrected chi connectivity index (χ3v) is 1.72. The summed E-state index contributed by atoms with van der Waals surface area (Å²) in [7, 11) is 0. The molecule has 0 aliphatic carbocycles. The summed E-state index contributed by atoms with van der Waals surface area (Å²) in [4.78, 5) is 21.0. The monoisotopic (exact) mass is 231 g/mol. The summed E-state index contributed by atoms with van der Waals surface area (Å²) in [5, 5.41) is 8.43. The predicted molar refractivity (Wildman–Crippen MR) is 61.1 cm³/mol. The van der Waals surface area contributed by atoms with Crippen molar-refractivity contribution in [2.75, 3.05) is 39.4 Å². The summed E-state index contributed by atoms with van der Waals surface area (Å²) in [6.45, 7) is 6.72. The predicted octanol–water partition coefficient (Wildman–Crippen LogP) is -1.14. The highest BCUT2D eigenvalue weighted by Gasteiger charge is 1.92. The molecule has 3 N–H and O–H groups in total. The second-order valence-electron chi connectivity index (χ2n) is 3.33. The van der Waals surface area contributed by atoms with Crippen LogP contribution in [0.25, 0.3) is 0 Å². The van der Waals surface area contributed by atoms with Crippen molar-refractivity contribution in [1.29, 1.82) is 0 Å². The van der Waals surface area contributed by atoms with Gasteiger partial charge in [0.1, 0.15) is 0 Å². The molecule has 94 valence electrons. The molecule has 2 amide bonds. The minimum atomic E-state index is -0.0444. The Labute approximate surface area is 96.1 Å². The Kier molecular flexibility index (Phi) is 9.64. The van der Waals surface area contributed by atoms with E-state index in [1.165, 1.54) is 13.8 Å². The molecule has 0 aromatic carbocycles. The Hall–Kier alpha value is -1.14. The van der Waals surface area contributed by atoms with Crippen LogP contribution in [-0.2, 0) is 14.3 Å². The Morgan fingerprint density at radius 2 is 1.44 bits per heavy atom. The molecule has 16 heavy (non-hydrogen) atoms. The fraction of sp³-hybridized carbons (Fsp3) is 0.800. The number of carbonyl (C=O) groups is 2. The molecule has 0 saturated carbocycles. The first-order valence-electron chi connectivity index (χ1n) is 5.40. The molecule has 0 heterocycles. The Morgan fingerprint density at radius 1 is 0.875 bits per heavy atom. The lowest BCUT2D eigenvalue weighted by molar-refractivity contribution is -0.119. The van der Waals surface area contributed by atoms with E-state index in [1.54, 1.807) is 0 Å². The molecule has 0 saturated heterocycles. The van der Waals surface area contributed by atoms with Crippen molar-refractivity contribution in [1.82, 2.24) is 16.0 Å². The highest BCUT2D eigenvalue weighted by Crippen LogP contribution is 1.72. The minimum Gasteiger partial charge on any atom is -0.378 e. The maximum absolute atomic E-state index is 10.5. The molecular weight excluding hydrogens is 210 g/mol. The van der Waals surface area contributed by atoms with Crippen LogP contribution in [0.1, 0.15) is 13.8 Å². The number of ether oxygens (including phenoxy) is 1. The fourth-order valence-corrected chi connectivity index (χ4v) is 0.998. The van der Waals surface area contributed by atoms with Gasteiger partial charge in [0.15, 0.2) is 0 Å². The Bertz CT molecular complexity index is 187. The molecule has 6 nitrogen and oxygen atoms in total. The first kappa shape index (κ1) is 14.9. The van der Waals surface area contributed by atoms with Crippen molar-refractivity contribution in [2.45, 2.75) is 13.8 Å². The molecule has 0 rings (SSSR count). The molecular formula is C10H21N3O3. The molecule has 0 bridgehead atoms. The van der Waals surface area contributed by atoms with Gasteiger partial charge in [-0.25, -0.2) is 0 Å². The number of nitrogens with one attached hydrogen (secondary N) is 3. The van der Waals surface area contributed by atoms with E-state index in [9.17, 15) is 9.59 Å². The third kappa shape index (κ3) is 12.9. The normalized spacial score (nSPS) is 9.88. The molecule has 6 heteroatoms. The summed E-state index contributed by atoms with van der Waals surface area (Å²) in [5.41, 5.74) is 0. The smallest absolute Gasteiger partial charge is 0.216 e. The van der Waals surface area contributed by atoms with E-state index in [-0.39, 0.29) is 11.8 Å². The lowest BCUT2D eigenvalue weighted by atomic mass is 10.5. The zero-order chi connectivity index (χ0) is 12.2. The van der Waals surface area contributed by atoms with Gasteiger partial charge in [0.05, 0.1) is 13.2 Å². The van der Waals surface area contributed by atoms with E-state index in [1.807, 2.05) is 0 Å². The van der Waals surface area contributed by atoms with Crippen LogP contribution in [0.2, 0.25) is 0 Å². The SMILES string of the molecule is CC(=O)NCCNCCOCCNC(C)=O. The van der Waals surface area contributed by atoms with Crippen molar-refractivity contribution in [3.8, 4) is 0 Å². The lowest BCUT2D eigenvalue weighted by Crippen LogP contribution is -2.32. The van der Waals surface area contributed by atoms with Crippen LogP contribution in [0.4, 0.5) is 0 Å². The topological polar surface area (TPSA) is 79.5 Å². The standard InChI is InChI=1S/C10H21N3O3/c1-9(14)12-4-3-11-5-7-16-8-6-13-10(2)15/h11H,3-8H2,1-2H3,(H,12,14)(H,13,15). The number of carbonyl (C=O) groups excluding carboxylic acids is 2. The zero-order valence-electron chi connectivity index (χ0n) is 9.97. The van der Waals surface area contributed by atoms with E-state index in [2.05, 4.69) is 16.0 Å². The summed E-state index contributed by atoms with van der Waals surface area (Å²) in [6, 6.07) is 0. The molecule has 0 aliphatic heterocycles. The van der Waals surface area contributed by atoms with Crippen LogP contribution in [-0.4, -0.2) is 51.2 Å². The maximum Gasteiger partial charge on any atom is 0.216 e. The minimum absolute atomic E-state index is 0.0200. The van der Waals surface area contributed by atoms with Gasteiger partial charge in [-0.15, -0.1) is 0 Å². The summed E-state index contributed by atoms with van der Waals surface area (Å²) < 4.78 is 5.25. The molecule has 0 radical (unpaired) electrons. The van der Waals surface area contributed by atoms with Crippen molar-refractivity contribution >= 4 is 11.8 Å². The van der Waals surface area contributed by atoms with Gasteiger partial charge in [0.2, 0.25) is 11.8 Å². The second-order valence-corrected chi connectivity index (χ2v) is 3.33. The van der Waals surface area contributed by atoms with Crippen LogP contribution in [0, 0.1) is 0 Å².